The van der Waals surface area contributed by atoms with E-state index in [2.05, 4.69) is 11.4 Å². The second kappa shape index (κ2) is 5.68. The molecule has 1 aromatic carbocycles. The number of nitrogens with one attached hydrogen (secondary N) is 1. The average Bonchev–Trinajstić information content (AvgIpc) is 2.83. The van der Waals surface area contributed by atoms with E-state index in [9.17, 15) is 9.59 Å². The maximum atomic E-state index is 12.6. The second-order valence-electron chi connectivity index (χ2n) is 5.89. The Kier molecular flexibility index (Phi) is 3.72. The third-order valence-corrected chi connectivity index (χ3v) is 4.42. The predicted octanol–water partition coefficient (Wildman–Crippen LogP) is 1.79. The van der Waals surface area contributed by atoms with Gasteiger partial charge in [0.05, 0.1) is 17.7 Å². The van der Waals surface area contributed by atoms with Crippen molar-refractivity contribution in [3.8, 4) is 6.07 Å². The van der Waals surface area contributed by atoms with Crippen molar-refractivity contribution in [1.82, 2.24) is 9.80 Å². The fraction of sp³-hybridized carbons (Fsp3) is 0.438. The number of likely N-dealkylation sites (N-methyl/N-ethyl adjacent to an activating group) is 1. The van der Waals surface area contributed by atoms with Crippen molar-refractivity contribution in [3.63, 3.8) is 0 Å². The van der Waals surface area contributed by atoms with Crippen molar-refractivity contribution in [1.29, 1.82) is 5.26 Å². The highest BCUT2D eigenvalue weighted by Gasteiger charge is 2.41. The van der Waals surface area contributed by atoms with Crippen LogP contribution < -0.4 is 5.32 Å². The van der Waals surface area contributed by atoms with Crippen LogP contribution in [0.3, 0.4) is 0 Å². The first kappa shape index (κ1) is 14.4. The van der Waals surface area contributed by atoms with Gasteiger partial charge in [-0.2, -0.15) is 5.26 Å². The van der Waals surface area contributed by atoms with Crippen LogP contribution in [-0.4, -0.2) is 47.4 Å². The van der Waals surface area contributed by atoms with Crippen molar-refractivity contribution in [2.75, 3.05) is 18.9 Å². The van der Waals surface area contributed by atoms with Crippen molar-refractivity contribution in [2.24, 2.45) is 0 Å². The predicted molar refractivity (Wildman–Crippen MR) is 81.1 cm³/mol. The molecule has 0 radical (unpaired) electrons. The molecule has 2 aliphatic rings. The maximum Gasteiger partial charge on any atom is 0.322 e. The van der Waals surface area contributed by atoms with Crippen LogP contribution in [0.1, 0.15) is 24.8 Å². The smallest absolute Gasteiger partial charge is 0.322 e. The molecule has 0 unspecified atom stereocenters. The van der Waals surface area contributed by atoms with Crippen molar-refractivity contribution < 1.29 is 9.59 Å². The van der Waals surface area contributed by atoms with Crippen LogP contribution in [0.15, 0.2) is 24.3 Å². The van der Waals surface area contributed by atoms with E-state index in [-0.39, 0.29) is 24.0 Å². The molecule has 3 amide bonds. The molecular formula is C16H18N4O2. The molecule has 2 bridgehead atoms. The first-order valence-electron chi connectivity index (χ1n) is 7.42. The molecule has 22 heavy (non-hydrogen) atoms. The van der Waals surface area contributed by atoms with E-state index in [1.54, 1.807) is 41.1 Å². The van der Waals surface area contributed by atoms with E-state index >= 15 is 0 Å². The topological polar surface area (TPSA) is 76.4 Å². The zero-order valence-electron chi connectivity index (χ0n) is 12.5. The van der Waals surface area contributed by atoms with Crippen LogP contribution in [0.5, 0.6) is 0 Å². The number of nitriles is 1. The van der Waals surface area contributed by atoms with E-state index in [1.165, 1.54) is 0 Å². The Morgan fingerprint density at radius 3 is 2.91 bits per heavy atom. The van der Waals surface area contributed by atoms with Crippen LogP contribution in [-0.2, 0) is 4.79 Å². The number of carbonyl (C=O) groups is 2. The van der Waals surface area contributed by atoms with Crippen LogP contribution in [0.25, 0.3) is 0 Å². The van der Waals surface area contributed by atoms with Gasteiger partial charge in [0.15, 0.2) is 0 Å². The Labute approximate surface area is 129 Å². The minimum Gasteiger partial charge on any atom is -0.344 e. The molecule has 114 valence electrons. The molecule has 2 saturated heterocycles. The van der Waals surface area contributed by atoms with Gasteiger partial charge in [-0.3, -0.25) is 4.79 Å². The van der Waals surface area contributed by atoms with Crippen molar-refractivity contribution >= 4 is 17.6 Å². The lowest BCUT2D eigenvalue weighted by atomic mass is 10.1. The molecule has 2 aliphatic heterocycles. The first-order chi connectivity index (χ1) is 10.6. The summed E-state index contributed by atoms with van der Waals surface area (Å²) in [6, 6.07) is 8.75. The maximum absolute atomic E-state index is 12.6. The molecule has 0 aliphatic carbocycles. The summed E-state index contributed by atoms with van der Waals surface area (Å²) in [5.74, 6) is 0.0940. The summed E-state index contributed by atoms with van der Waals surface area (Å²) in [5.41, 5.74) is 1.11. The van der Waals surface area contributed by atoms with Crippen LogP contribution in [0, 0.1) is 11.3 Å². The fourth-order valence-electron chi connectivity index (χ4n) is 3.30. The van der Waals surface area contributed by atoms with E-state index in [1.807, 2.05) is 0 Å². The minimum atomic E-state index is -0.189. The quantitative estimate of drug-likeness (QED) is 0.858. The number of fused-ring (bicyclic) bond motifs is 2. The normalized spacial score (nSPS) is 23.9. The molecular weight excluding hydrogens is 280 g/mol. The van der Waals surface area contributed by atoms with Crippen molar-refractivity contribution in [3.05, 3.63) is 29.8 Å². The molecule has 6 nitrogen and oxygen atoms in total. The number of hydrogen-bond donors (Lipinski definition) is 1. The number of likely N-dealkylation sites (tertiary alicyclic amines) is 1. The molecule has 0 spiro atoms. The number of benzene rings is 1. The highest BCUT2D eigenvalue weighted by Crippen LogP contribution is 2.31. The standard InChI is InChI=1S/C16H18N4O2/c1-19-10-14-6-5-13(8-15(19)21)20(14)16(22)18-12-4-2-3-11(7-12)9-17/h2-4,7,13-14H,5-6,8,10H2,1H3,(H,18,22)/t13-,14+/m1/s1. The Hall–Kier alpha value is -2.55. The Morgan fingerprint density at radius 2 is 2.14 bits per heavy atom. The molecule has 2 heterocycles. The molecule has 0 aromatic heterocycles. The van der Waals surface area contributed by atoms with E-state index in [0.717, 1.165) is 12.8 Å². The number of carbonyl (C=O) groups excluding carboxylic acids is 2. The van der Waals surface area contributed by atoms with Gasteiger partial charge in [-0.1, -0.05) is 6.07 Å². The fourth-order valence-corrected chi connectivity index (χ4v) is 3.30. The summed E-state index contributed by atoms with van der Waals surface area (Å²) >= 11 is 0. The monoisotopic (exact) mass is 298 g/mol. The van der Waals surface area contributed by atoms with Gasteiger partial charge in [0.2, 0.25) is 5.91 Å². The van der Waals surface area contributed by atoms with Gasteiger partial charge in [-0.05, 0) is 31.0 Å². The molecule has 1 N–H and O–H groups in total. The third-order valence-electron chi connectivity index (χ3n) is 4.42. The van der Waals surface area contributed by atoms with Gasteiger partial charge in [0.25, 0.3) is 0 Å². The second-order valence-corrected chi connectivity index (χ2v) is 5.89. The summed E-state index contributed by atoms with van der Waals surface area (Å²) < 4.78 is 0. The van der Waals surface area contributed by atoms with Gasteiger partial charge in [-0.25, -0.2) is 4.79 Å². The van der Waals surface area contributed by atoms with Crippen LogP contribution in [0.2, 0.25) is 0 Å². The molecule has 2 fully saturated rings. The Morgan fingerprint density at radius 1 is 1.36 bits per heavy atom. The first-order valence-corrected chi connectivity index (χ1v) is 7.42. The van der Waals surface area contributed by atoms with Gasteiger partial charge in [-0.15, -0.1) is 0 Å². The lowest BCUT2D eigenvalue weighted by molar-refractivity contribution is -0.130. The van der Waals surface area contributed by atoms with Gasteiger partial charge in [0.1, 0.15) is 0 Å². The van der Waals surface area contributed by atoms with Gasteiger partial charge in [0, 0.05) is 31.7 Å². The van der Waals surface area contributed by atoms with Gasteiger partial charge >= 0.3 is 6.03 Å². The van der Waals surface area contributed by atoms with E-state index < -0.39 is 0 Å². The highest BCUT2D eigenvalue weighted by atomic mass is 16.2. The SMILES string of the molecule is CN1C[C@@H]2CC[C@H](CC1=O)N2C(=O)Nc1cccc(C#N)c1. The minimum absolute atomic E-state index is 0.0263. The lowest BCUT2D eigenvalue weighted by Gasteiger charge is -2.28. The summed E-state index contributed by atoms with van der Waals surface area (Å²) in [4.78, 5) is 28.1. The van der Waals surface area contributed by atoms with Crippen molar-refractivity contribution in [2.45, 2.75) is 31.3 Å². The number of hydrogen-bond acceptors (Lipinski definition) is 3. The summed E-state index contributed by atoms with van der Waals surface area (Å²) in [7, 11) is 1.79. The zero-order chi connectivity index (χ0) is 15.7. The molecule has 2 atom stereocenters. The zero-order valence-corrected chi connectivity index (χ0v) is 12.5. The summed E-state index contributed by atoms with van der Waals surface area (Å²) in [6.07, 6.45) is 2.18. The number of nitrogens with zero attached hydrogens (tertiary/aromatic N) is 3. The number of amides is 3. The third kappa shape index (κ3) is 2.62. The largest absolute Gasteiger partial charge is 0.344 e. The molecule has 3 rings (SSSR count). The molecule has 6 heteroatoms. The van der Waals surface area contributed by atoms with Gasteiger partial charge < -0.3 is 15.1 Å². The highest BCUT2D eigenvalue weighted by molar-refractivity contribution is 5.91. The lowest BCUT2D eigenvalue weighted by Crippen LogP contribution is -2.45. The summed E-state index contributed by atoms with van der Waals surface area (Å²) in [5, 5.41) is 11.8. The number of rotatable bonds is 1. The van der Waals surface area contributed by atoms with E-state index in [4.69, 9.17) is 5.26 Å². The van der Waals surface area contributed by atoms with Crippen LogP contribution in [0.4, 0.5) is 10.5 Å². The Balaban J connectivity index is 1.77. The Bertz CT molecular complexity index is 652. The average molecular weight is 298 g/mol. The molecule has 0 saturated carbocycles. The number of urea groups is 1. The summed E-state index contributed by atoms with van der Waals surface area (Å²) in [6.45, 7) is 0.584. The molecule has 1 aromatic rings. The van der Waals surface area contributed by atoms with E-state index in [0.29, 0.717) is 24.2 Å². The van der Waals surface area contributed by atoms with Crippen LogP contribution >= 0.6 is 0 Å². The number of anilines is 1.